The first-order chi connectivity index (χ1) is 25.3. The number of aromatic nitrogens is 10. The predicted octanol–water partition coefficient (Wildman–Crippen LogP) is 1.20. The number of nitrogens with one attached hydrogen (secondary N) is 5. The molecule has 51 heavy (non-hydrogen) atoms. The lowest BCUT2D eigenvalue weighted by Crippen LogP contribution is -2.64. The zero-order valence-corrected chi connectivity index (χ0v) is 26.9. The van der Waals surface area contributed by atoms with Gasteiger partial charge >= 0.3 is 0 Å². The Morgan fingerprint density at radius 1 is 0.961 bits per heavy atom. The van der Waals surface area contributed by atoms with Crippen molar-refractivity contribution in [1.82, 2.24) is 81.4 Å². The zero-order valence-electron chi connectivity index (χ0n) is 26.9. The fraction of sp³-hybridized carbons (Fsp3) is 0.212. The minimum absolute atomic E-state index is 0.332. The molecule has 2 saturated heterocycles. The lowest BCUT2D eigenvalue weighted by Gasteiger charge is -2.47. The second-order valence-electron chi connectivity index (χ2n) is 12.2. The Bertz CT molecular complexity index is 2200. The maximum atomic E-state index is 7.60. The number of imidazole rings is 1. The van der Waals surface area contributed by atoms with E-state index in [0.29, 0.717) is 58.6 Å². The summed E-state index contributed by atoms with van der Waals surface area (Å²) in [4.78, 5) is 29.2. The van der Waals surface area contributed by atoms with Crippen LogP contribution in [0, 0.1) is 0 Å². The van der Waals surface area contributed by atoms with Gasteiger partial charge in [0, 0.05) is 44.1 Å². The average Bonchev–Trinajstić information content (AvgIpc) is 4.05. The smallest absolute Gasteiger partial charge is 0.258 e. The van der Waals surface area contributed by atoms with Gasteiger partial charge in [-0.1, -0.05) is 6.08 Å². The quantitative estimate of drug-likeness (QED) is 0.164. The summed E-state index contributed by atoms with van der Waals surface area (Å²) in [6, 6.07) is 5.57. The van der Waals surface area contributed by atoms with Crippen molar-refractivity contribution in [3.8, 4) is 0 Å². The lowest BCUT2D eigenvalue weighted by molar-refractivity contribution is -0.142. The highest BCUT2D eigenvalue weighted by Gasteiger charge is 2.71. The van der Waals surface area contributed by atoms with Gasteiger partial charge in [-0.15, -0.1) is 5.10 Å². The van der Waals surface area contributed by atoms with E-state index >= 15 is 0 Å². The fourth-order valence-electron chi connectivity index (χ4n) is 7.26. The van der Waals surface area contributed by atoms with Gasteiger partial charge < -0.3 is 30.2 Å². The number of rotatable bonds is 7. The summed E-state index contributed by atoms with van der Waals surface area (Å²) in [5.41, 5.74) is 8.79. The molecule has 2 fully saturated rings. The van der Waals surface area contributed by atoms with Gasteiger partial charge in [0.05, 0.1) is 42.9 Å². The molecule has 18 nitrogen and oxygen atoms in total. The van der Waals surface area contributed by atoms with Crippen LogP contribution in [0.25, 0.3) is 16.9 Å². The average molecular weight is 683 g/mol. The van der Waals surface area contributed by atoms with Crippen molar-refractivity contribution >= 4 is 16.9 Å². The molecule has 3 atom stereocenters. The Hall–Kier alpha value is -6.66. The number of fused-ring (bicyclic) bond motifs is 2. The third kappa shape index (κ3) is 4.29. The summed E-state index contributed by atoms with van der Waals surface area (Å²) < 4.78 is 14.1. The van der Waals surface area contributed by atoms with E-state index in [1.807, 2.05) is 58.6 Å². The van der Waals surface area contributed by atoms with Crippen molar-refractivity contribution in [2.75, 3.05) is 19.6 Å². The van der Waals surface area contributed by atoms with Crippen LogP contribution in [-0.4, -0.2) is 91.1 Å². The van der Waals surface area contributed by atoms with E-state index in [4.69, 9.17) is 24.4 Å². The van der Waals surface area contributed by atoms with E-state index in [1.54, 1.807) is 49.8 Å². The number of hydrogen-bond donors (Lipinski definition) is 5. The molecule has 5 aliphatic heterocycles. The van der Waals surface area contributed by atoms with Crippen molar-refractivity contribution in [2.24, 2.45) is 0 Å². The van der Waals surface area contributed by atoms with Crippen LogP contribution < -0.4 is 16.2 Å². The molecule has 18 heteroatoms. The molecule has 0 aliphatic carbocycles. The normalized spacial score (nSPS) is 25.7. The highest BCUT2D eigenvalue weighted by molar-refractivity contribution is 5.74. The molecule has 0 bridgehead atoms. The van der Waals surface area contributed by atoms with E-state index in [2.05, 4.69) is 56.5 Å². The molecule has 5 aromatic rings. The van der Waals surface area contributed by atoms with Gasteiger partial charge in [0.25, 0.3) is 5.72 Å². The van der Waals surface area contributed by atoms with Crippen LogP contribution in [0.15, 0.2) is 116 Å². The Morgan fingerprint density at radius 2 is 1.96 bits per heavy atom. The monoisotopic (exact) mass is 682 g/mol. The molecular weight excluding hydrogens is 652 g/mol. The summed E-state index contributed by atoms with van der Waals surface area (Å²) in [6.45, 7) is 2.02. The van der Waals surface area contributed by atoms with Gasteiger partial charge in [-0.2, -0.15) is 15.1 Å². The molecule has 0 aromatic carbocycles. The Kier molecular flexibility index (Phi) is 6.58. The van der Waals surface area contributed by atoms with E-state index < -0.39 is 17.6 Å². The lowest BCUT2D eigenvalue weighted by atomic mass is 9.92. The summed E-state index contributed by atoms with van der Waals surface area (Å²) in [7, 11) is 0. The summed E-state index contributed by atoms with van der Waals surface area (Å²) in [5, 5.41) is 24.6. The number of H-pyrrole nitrogens is 2. The molecule has 0 spiro atoms. The first-order valence-corrected chi connectivity index (χ1v) is 16.4. The van der Waals surface area contributed by atoms with Gasteiger partial charge in [0.1, 0.15) is 28.3 Å². The number of nitrogens with zero attached hydrogens (tertiary/aromatic N) is 11. The predicted molar refractivity (Wildman–Crippen MR) is 178 cm³/mol. The van der Waals surface area contributed by atoms with Crippen LogP contribution in [0.3, 0.4) is 0 Å². The first-order valence-electron chi connectivity index (χ1n) is 16.4. The third-order valence-electron chi connectivity index (χ3n) is 9.34. The first kappa shape index (κ1) is 29.3. The van der Waals surface area contributed by atoms with Gasteiger partial charge in [0.2, 0.25) is 5.66 Å². The number of hydrazine groups is 2. The number of hydrogen-bond acceptors (Lipinski definition) is 16. The second-order valence-corrected chi connectivity index (χ2v) is 12.2. The molecule has 10 rings (SSSR count). The zero-order chi connectivity index (χ0) is 33.8. The maximum Gasteiger partial charge on any atom is 0.258 e. The maximum absolute atomic E-state index is 7.60. The van der Waals surface area contributed by atoms with Crippen LogP contribution in [0.4, 0.5) is 0 Å². The minimum Gasteiger partial charge on any atom is -0.479 e. The second kappa shape index (κ2) is 11.5. The summed E-state index contributed by atoms with van der Waals surface area (Å²) in [6.07, 6.45) is 22.9. The highest BCUT2D eigenvalue weighted by atomic mass is 16.6. The largest absolute Gasteiger partial charge is 0.479 e. The van der Waals surface area contributed by atoms with Crippen LogP contribution in [0.1, 0.15) is 29.3 Å². The Labute approximate surface area is 289 Å². The Morgan fingerprint density at radius 3 is 2.73 bits per heavy atom. The Balaban J connectivity index is 1.37. The SMILES string of the molecule is C1=COC(N2C3(c4ncc5[nH]cnc5n4)NC(c4ccn[nH]4)=C(N4CC=CN4)C(N4CCCN4)=C3OC2(c2cnccn2)c2cccnn2)C=C1. The molecule has 0 radical (unpaired) electrons. The fourth-order valence-corrected chi connectivity index (χ4v) is 7.26. The molecule has 0 amide bonds. The van der Waals surface area contributed by atoms with Crippen molar-refractivity contribution in [1.29, 1.82) is 0 Å². The third-order valence-corrected chi connectivity index (χ3v) is 9.34. The topological polar surface area (TPSA) is 199 Å². The number of aromatic amines is 2. The molecule has 5 aliphatic rings. The highest BCUT2D eigenvalue weighted by Crippen LogP contribution is 2.59. The molecule has 10 heterocycles. The van der Waals surface area contributed by atoms with Crippen LogP contribution in [0.5, 0.6) is 0 Å². The number of allylic oxidation sites excluding steroid dienone is 2. The van der Waals surface area contributed by atoms with Gasteiger partial charge in [-0.25, -0.2) is 20.4 Å². The molecule has 3 unspecified atom stereocenters. The van der Waals surface area contributed by atoms with Gasteiger partial charge in [-0.3, -0.25) is 20.1 Å². The van der Waals surface area contributed by atoms with Crippen LogP contribution in [0.2, 0.25) is 0 Å². The molecular formula is C33H30N16O2. The van der Waals surface area contributed by atoms with Crippen LogP contribution in [-0.2, 0) is 20.9 Å². The summed E-state index contributed by atoms with van der Waals surface area (Å²) >= 11 is 0. The standard InChI is InChI=1S/C33H30N16O2/c1-2-17-50-25(7-1)49-32(31-36-18-22-30(43-31)38-20-37-22)29(51-33(49,23-6-3-9-39-46-23)24-19-34-13-14-35-24)28(48-16-5-11-42-48)27(47-15-4-10-41-47)26(44-32)21-8-12-40-45-21/h1-4,6-10,12-14,17-20,25,41-42,44H,5,11,15-16H2,(H,40,45)(H,36,37,38,43). The van der Waals surface area contributed by atoms with Crippen LogP contribution >= 0.6 is 0 Å². The van der Waals surface area contributed by atoms with Crippen molar-refractivity contribution in [2.45, 2.75) is 24.0 Å². The van der Waals surface area contributed by atoms with Crippen molar-refractivity contribution < 1.29 is 9.47 Å². The minimum atomic E-state index is -1.62. The van der Waals surface area contributed by atoms with Gasteiger partial charge in [-0.05, 0) is 42.8 Å². The summed E-state index contributed by atoms with van der Waals surface area (Å²) in [5.74, 6) is 0.792. The number of dihydropyridines is 1. The van der Waals surface area contributed by atoms with Gasteiger partial charge in [0.15, 0.2) is 23.5 Å². The van der Waals surface area contributed by atoms with E-state index in [0.717, 1.165) is 24.4 Å². The molecule has 5 N–H and O–H groups in total. The van der Waals surface area contributed by atoms with Crippen molar-refractivity contribution in [3.05, 3.63) is 139 Å². The molecule has 5 aromatic heterocycles. The molecule has 254 valence electrons. The van der Waals surface area contributed by atoms with E-state index in [9.17, 15) is 0 Å². The van der Waals surface area contributed by atoms with E-state index in [-0.39, 0.29) is 0 Å². The number of ether oxygens (including phenoxy) is 2. The molecule has 0 saturated carbocycles. The van der Waals surface area contributed by atoms with Crippen molar-refractivity contribution in [3.63, 3.8) is 0 Å². The van der Waals surface area contributed by atoms with E-state index in [1.165, 1.54) is 0 Å².